The van der Waals surface area contributed by atoms with Crippen molar-refractivity contribution < 1.29 is 4.79 Å². The van der Waals surface area contributed by atoms with Crippen molar-refractivity contribution in [2.75, 3.05) is 20.1 Å². The molecule has 1 aliphatic heterocycles. The Morgan fingerprint density at radius 3 is 2.78 bits per heavy atom. The lowest BCUT2D eigenvalue weighted by Crippen LogP contribution is -2.43. The maximum Gasteiger partial charge on any atom is 0.227 e. The number of hydrogen-bond donors (Lipinski definition) is 2. The van der Waals surface area contributed by atoms with Crippen molar-refractivity contribution in [3.63, 3.8) is 0 Å². The molecule has 1 atom stereocenters. The van der Waals surface area contributed by atoms with Gasteiger partial charge in [-0.25, -0.2) is 0 Å². The summed E-state index contributed by atoms with van der Waals surface area (Å²) in [6.07, 6.45) is 1.19. The minimum atomic E-state index is -0.409. The van der Waals surface area contributed by atoms with Crippen molar-refractivity contribution in [3.05, 3.63) is 0 Å². The highest BCUT2D eigenvalue weighted by molar-refractivity contribution is 8.14. The number of nitrogens with one attached hydrogen (secondary N) is 2. The molecular formula is C13H25N3OS. The number of carbonyl (C=O) groups is 1. The van der Waals surface area contributed by atoms with Gasteiger partial charge in [0.1, 0.15) is 0 Å². The average molecular weight is 271 g/mol. The molecule has 5 heteroatoms. The van der Waals surface area contributed by atoms with E-state index >= 15 is 0 Å². The maximum atomic E-state index is 11.7. The van der Waals surface area contributed by atoms with Gasteiger partial charge in [0.2, 0.25) is 5.91 Å². The first-order valence-corrected chi connectivity index (χ1v) is 7.40. The molecule has 0 spiro atoms. The number of carbonyl (C=O) groups excluding carboxylic acids is 1. The molecule has 1 amide bonds. The number of hydrogen-bond acceptors (Lipinski definition) is 4. The molecule has 1 unspecified atom stereocenters. The van der Waals surface area contributed by atoms with E-state index in [1.807, 2.05) is 13.8 Å². The number of rotatable bonds is 5. The van der Waals surface area contributed by atoms with Gasteiger partial charge in [0, 0.05) is 18.8 Å². The molecule has 0 aromatic heterocycles. The maximum absolute atomic E-state index is 11.7. The summed E-state index contributed by atoms with van der Waals surface area (Å²) in [6, 6.07) is 0. The van der Waals surface area contributed by atoms with Crippen LogP contribution < -0.4 is 10.6 Å². The second kappa shape index (κ2) is 6.45. The van der Waals surface area contributed by atoms with Crippen molar-refractivity contribution >= 4 is 22.8 Å². The van der Waals surface area contributed by atoms with Gasteiger partial charge in [-0.15, -0.1) is 0 Å². The minimum absolute atomic E-state index is 0.0531. The summed E-state index contributed by atoms with van der Waals surface area (Å²) in [5, 5.41) is 7.56. The van der Waals surface area contributed by atoms with Gasteiger partial charge in [0.25, 0.3) is 0 Å². The Morgan fingerprint density at radius 1 is 1.56 bits per heavy atom. The molecule has 0 bridgehead atoms. The van der Waals surface area contributed by atoms with Gasteiger partial charge in [-0.05, 0) is 26.2 Å². The first kappa shape index (κ1) is 15.3. The fraction of sp³-hybridized carbons (Fsp3) is 0.846. The normalized spacial score (nSPS) is 19.9. The molecule has 1 aliphatic rings. The second-order valence-corrected chi connectivity index (χ2v) is 7.12. The smallest absolute Gasteiger partial charge is 0.227 e. The molecule has 18 heavy (non-hydrogen) atoms. The summed E-state index contributed by atoms with van der Waals surface area (Å²) in [5.74, 6) is 0.761. The van der Waals surface area contributed by atoms with E-state index in [-0.39, 0.29) is 5.91 Å². The first-order valence-electron chi connectivity index (χ1n) is 6.52. The third kappa shape index (κ3) is 4.52. The van der Waals surface area contributed by atoms with Crippen molar-refractivity contribution in [1.29, 1.82) is 0 Å². The molecule has 4 nitrogen and oxygen atoms in total. The molecule has 104 valence electrons. The Labute approximate surface area is 114 Å². The van der Waals surface area contributed by atoms with Crippen LogP contribution in [0.3, 0.4) is 0 Å². The minimum Gasteiger partial charge on any atom is -0.364 e. The monoisotopic (exact) mass is 271 g/mol. The van der Waals surface area contributed by atoms with Crippen LogP contribution in [0, 0.1) is 11.3 Å². The van der Waals surface area contributed by atoms with Crippen LogP contribution in [0.25, 0.3) is 0 Å². The Kier molecular flexibility index (Phi) is 5.50. The van der Waals surface area contributed by atoms with Crippen LogP contribution in [-0.4, -0.2) is 36.5 Å². The Hall–Kier alpha value is -0.710. The Bertz CT molecular complexity index is 326. The molecule has 1 rings (SSSR count). The van der Waals surface area contributed by atoms with Crippen LogP contribution in [0.4, 0.5) is 0 Å². The number of thioether (sulfide) groups is 1. The lowest BCUT2D eigenvalue weighted by molar-refractivity contribution is -0.128. The zero-order chi connectivity index (χ0) is 13.8. The molecule has 0 radical (unpaired) electrons. The highest BCUT2D eigenvalue weighted by Crippen LogP contribution is 2.26. The summed E-state index contributed by atoms with van der Waals surface area (Å²) in [6.45, 7) is 9.86. The number of aliphatic imine (C=N–C) groups is 1. The lowest BCUT2D eigenvalue weighted by atomic mass is 9.92. The Balaban J connectivity index is 2.35. The van der Waals surface area contributed by atoms with Gasteiger partial charge in [0.05, 0.1) is 12.0 Å². The van der Waals surface area contributed by atoms with E-state index in [0.717, 1.165) is 11.7 Å². The van der Waals surface area contributed by atoms with Crippen LogP contribution in [0.2, 0.25) is 0 Å². The average Bonchev–Trinajstić information content (AvgIpc) is 2.72. The van der Waals surface area contributed by atoms with E-state index in [1.54, 1.807) is 18.8 Å². The fourth-order valence-electron chi connectivity index (χ4n) is 1.88. The van der Waals surface area contributed by atoms with Gasteiger partial charge >= 0.3 is 0 Å². The van der Waals surface area contributed by atoms with E-state index in [0.29, 0.717) is 17.7 Å². The van der Waals surface area contributed by atoms with Crippen LogP contribution in [0.1, 0.15) is 34.1 Å². The SMILES string of the molecule is CNC(=O)C(C)(C)CNC1=NCC(CC(C)C)S1. The van der Waals surface area contributed by atoms with Crippen molar-refractivity contribution in [1.82, 2.24) is 10.6 Å². The van der Waals surface area contributed by atoms with Gasteiger partial charge in [0.15, 0.2) is 5.17 Å². The molecule has 0 saturated carbocycles. The van der Waals surface area contributed by atoms with Crippen LogP contribution in [0.5, 0.6) is 0 Å². The van der Waals surface area contributed by atoms with Crippen molar-refractivity contribution in [2.45, 2.75) is 39.4 Å². The van der Waals surface area contributed by atoms with E-state index in [1.165, 1.54) is 6.42 Å². The summed E-state index contributed by atoms with van der Waals surface area (Å²) < 4.78 is 0. The highest BCUT2D eigenvalue weighted by atomic mass is 32.2. The zero-order valence-electron chi connectivity index (χ0n) is 12.0. The van der Waals surface area contributed by atoms with Crippen LogP contribution in [0.15, 0.2) is 4.99 Å². The molecular weight excluding hydrogens is 246 g/mol. The molecule has 0 aromatic rings. The molecule has 0 saturated heterocycles. The summed E-state index contributed by atoms with van der Waals surface area (Å²) in [7, 11) is 1.67. The highest BCUT2D eigenvalue weighted by Gasteiger charge is 2.28. The van der Waals surface area contributed by atoms with Crippen molar-refractivity contribution in [3.8, 4) is 0 Å². The quantitative estimate of drug-likeness (QED) is 0.802. The van der Waals surface area contributed by atoms with E-state index in [9.17, 15) is 4.79 Å². The van der Waals surface area contributed by atoms with Gasteiger partial charge in [-0.1, -0.05) is 25.6 Å². The van der Waals surface area contributed by atoms with Crippen molar-refractivity contribution in [2.24, 2.45) is 16.3 Å². The molecule has 0 aromatic carbocycles. The topological polar surface area (TPSA) is 53.5 Å². The van der Waals surface area contributed by atoms with Crippen LogP contribution >= 0.6 is 11.8 Å². The molecule has 0 aliphatic carbocycles. The standard InChI is InChI=1S/C13H25N3OS/c1-9(2)6-10-7-15-12(18-10)16-8-13(3,4)11(17)14-5/h9-10H,6-8H2,1-5H3,(H,14,17)(H,15,16). The summed E-state index contributed by atoms with van der Waals surface area (Å²) >= 11 is 1.81. The molecule has 0 fully saturated rings. The second-order valence-electron chi connectivity index (χ2n) is 5.83. The first-order chi connectivity index (χ1) is 8.35. The predicted molar refractivity (Wildman–Crippen MR) is 79.0 cm³/mol. The largest absolute Gasteiger partial charge is 0.364 e. The van der Waals surface area contributed by atoms with Gasteiger partial charge < -0.3 is 10.6 Å². The Morgan fingerprint density at radius 2 is 2.22 bits per heavy atom. The summed E-state index contributed by atoms with van der Waals surface area (Å²) in [5.41, 5.74) is -0.409. The zero-order valence-corrected chi connectivity index (χ0v) is 12.9. The number of nitrogens with zero attached hydrogens (tertiary/aromatic N) is 1. The third-order valence-electron chi connectivity index (χ3n) is 2.97. The number of amidine groups is 1. The third-order valence-corrected chi connectivity index (χ3v) is 4.15. The van der Waals surface area contributed by atoms with Gasteiger partial charge in [-0.2, -0.15) is 0 Å². The summed E-state index contributed by atoms with van der Waals surface area (Å²) in [4.78, 5) is 16.1. The van der Waals surface area contributed by atoms with Gasteiger partial charge in [-0.3, -0.25) is 9.79 Å². The predicted octanol–water partition coefficient (Wildman–Crippen LogP) is 1.87. The fourth-order valence-corrected chi connectivity index (χ4v) is 3.13. The van der Waals surface area contributed by atoms with Crippen LogP contribution in [-0.2, 0) is 4.79 Å². The molecule has 1 heterocycles. The lowest BCUT2D eigenvalue weighted by Gasteiger charge is -2.23. The van der Waals surface area contributed by atoms with E-state index < -0.39 is 5.41 Å². The van der Waals surface area contributed by atoms with E-state index in [4.69, 9.17) is 0 Å². The van der Waals surface area contributed by atoms with E-state index in [2.05, 4.69) is 29.5 Å². The molecule has 2 N–H and O–H groups in total. The number of amides is 1.